The van der Waals surface area contributed by atoms with Crippen molar-refractivity contribution < 1.29 is 4.74 Å². The Morgan fingerprint density at radius 3 is 3.04 bits per heavy atom. The van der Waals surface area contributed by atoms with Gasteiger partial charge in [0.2, 0.25) is 0 Å². The minimum atomic E-state index is 0.338. The summed E-state index contributed by atoms with van der Waals surface area (Å²) in [5, 5.41) is 4.63. The average molecular weight is 337 g/mol. The molecule has 0 saturated carbocycles. The predicted octanol–water partition coefficient (Wildman–Crippen LogP) is 2.67. The predicted molar refractivity (Wildman–Crippen MR) is 95.0 cm³/mol. The van der Waals surface area contributed by atoms with Crippen molar-refractivity contribution in [2.75, 3.05) is 33.4 Å². The number of nitrogens with zero attached hydrogens (tertiary/aromatic N) is 3. The van der Waals surface area contributed by atoms with Gasteiger partial charge in [-0.1, -0.05) is 6.92 Å². The third-order valence-electron chi connectivity index (χ3n) is 4.92. The van der Waals surface area contributed by atoms with Gasteiger partial charge in [-0.3, -0.25) is 4.99 Å². The lowest BCUT2D eigenvalue weighted by Gasteiger charge is -2.45. The van der Waals surface area contributed by atoms with E-state index in [2.05, 4.69) is 27.1 Å². The van der Waals surface area contributed by atoms with Crippen molar-refractivity contribution in [2.24, 2.45) is 10.4 Å². The molecule has 0 aliphatic carbocycles. The van der Waals surface area contributed by atoms with Crippen LogP contribution in [0, 0.1) is 5.41 Å². The minimum absolute atomic E-state index is 0.338. The summed E-state index contributed by atoms with van der Waals surface area (Å²) < 4.78 is 5.77. The third kappa shape index (κ3) is 4.04. The molecule has 1 atom stereocenters. The second-order valence-electron chi connectivity index (χ2n) is 6.66. The summed E-state index contributed by atoms with van der Waals surface area (Å²) in [4.78, 5) is 12.7. The van der Waals surface area contributed by atoms with Crippen molar-refractivity contribution in [2.45, 2.75) is 45.6 Å². The summed E-state index contributed by atoms with van der Waals surface area (Å²) in [6, 6.07) is 0. The summed E-state index contributed by atoms with van der Waals surface area (Å²) >= 11 is 1.79. The first-order valence-corrected chi connectivity index (χ1v) is 9.53. The van der Waals surface area contributed by atoms with Crippen molar-refractivity contribution in [3.05, 3.63) is 16.1 Å². The molecule has 5 nitrogen and oxygen atoms in total. The number of hydrogen-bond donors (Lipinski definition) is 1. The van der Waals surface area contributed by atoms with E-state index >= 15 is 0 Å². The van der Waals surface area contributed by atoms with E-state index in [0.717, 1.165) is 50.2 Å². The quantitative estimate of drug-likeness (QED) is 0.681. The fourth-order valence-electron chi connectivity index (χ4n) is 3.70. The molecular weight excluding hydrogens is 308 g/mol. The normalized spacial score (nSPS) is 25.8. The van der Waals surface area contributed by atoms with Gasteiger partial charge in [0.25, 0.3) is 0 Å². The lowest BCUT2D eigenvalue weighted by atomic mass is 9.76. The Morgan fingerprint density at radius 1 is 1.48 bits per heavy atom. The maximum absolute atomic E-state index is 5.77. The molecule has 6 heteroatoms. The molecule has 23 heavy (non-hydrogen) atoms. The number of thiazole rings is 1. The maximum Gasteiger partial charge on any atom is 0.194 e. The van der Waals surface area contributed by atoms with E-state index in [4.69, 9.17) is 4.74 Å². The maximum atomic E-state index is 5.77. The third-order valence-corrected chi connectivity index (χ3v) is 6.07. The van der Waals surface area contributed by atoms with Gasteiger partial charge in [0.05, 0.1) is 13.2 Å². The number of piperidine rings is 1. The second-order valence-corrected chi connectivity index (χ2v) is 7.86. The van der Waals surface area contributed by atoms with Crippen LogP contribution in [0.25, 0.3) is 0 Å². The molecule has 0 radical (unpaired) electrons. The molecule has 3 heterocycles. The van der Waals surface area contributed by atoms with Gasteiger partial charge in [0.1, 0.15) is 5.01 Å². The van der Waals surface area contributed by atoms with Gasteiger partial charge in [0.15, 0.2) is 5.96 Å². The van der Waals surface area contributed by atoms with Crippen LogP contribution in [0.3, 0.4) is 0 Å². The van der Waals surface area contributed by atoms with Gasteiger partial charge in [-0.15, -0.1) is 11.3 Å². The molecule has 128 valence electrons. The zero-order valence-electron chi connectivity index (χ0n) is 14.3. The summed E-state index contributed by atoms with van der Waals surface area (Å²) in [7, 11) is 1.88. The van der Waals surface area contributed by atoms with Crippen molar-refractivity contribution in [3.63, 3.8) is 0 Å². The zero-order valence-corrected chi connectivity index (χ0v) is 15.1. The van der Waals surface area contributed by atoms with Crippen LogP contribution in [0.5, 0.6) is 0 Å². The van der Waals surface area contributed by atoms with E-state index in [1.54, 1.807) is 11.3 Å². The van der Waals surface area contributed by atoms with Crippen LogP contribution in [0.4, 0.5) is 0 Å². The highest BCUT2D eigenvalue weighted by Crippen LogP contribution is 2.37. The fourth-order valence-corrected chi connectivity index (χ4v) is 4.50. The van der Waals surface area contributed by atoms with Crippen molar-refractivity contribution >= 4 is 17.3 Å². The van der Waals surface area contributed by atoms with Crippen LogP contribution in [0.15, 0.2) is 11.2 Å². The number of ether oxygens (including phenoxy) is 1. The number of aromatic nitrogens is 1. The van der Waals surface area contributed by atoms with E-state index in [1.807, 2.05) is 13.2 Å². The van der Waals surface area contributed by atoms with Gasteiger partial charge in [-0.05, 0) is 32.1 Å². The summed E-state index contributed by atoms with van der Waals surface area (Å²) in [6.07, 6.45) is 8.03. The van der Waals surface area contributed by atoms with Crippen molar-refractivity contribution in [3.8, 4) is 0 Å². The Bertz CT molecular complexity index is 531. The average Bonchev–Trinajstić information content (AvgIpc) is 3.04. The van der Waals surface area contributed by atoms with E-state index < -0.39 is 0 Å². The van der Waals surface area contributed by atoms with Gasteiger partial charge in [-0.25, -0.2) is 4.98 Å². The lowest BCUT2D eigenvalue weighted by Crippen LogP contribution is -2.52. The first-order chi connectivity index (χ1) is 11.2. The van der Waals surface area contributed by atoms with E-state index in [1.165, 1.54) is 30.6 Å². The number of guanidine groups is 1. The number of nitrogens with one attached hydrogen (secondary N) is 1. The summed E-state index contributed by atoms with van der Waals surface area (Å²) in [5.74, 6) is 1.00. The van der Waals surface area contributed by atoms with Gasteiger partial charge >= 0.3 is 0 Å². The Morgan fingerprint density at radius 2 is 2.35 bits per heavy atom. The Balaban J connectivity index is 1.59. The molecule has 1 unspecified atom stereocenters. The smallest absolute Gasteiger partial charge is 0.194 e. The van der Waals surface area contributed by atoms with E-state index in [9.17, 15) is 0 Å². The lowest BCUT2D eigenvalue weighted by molar-refractivity contribution is -0.0370. The number of hydrogen-bond acceptors (Lipinski definition) is 4. The molecule has 3 rings (SSSR count). The first kappa shape index (κ1) is 16.7. The van der Waals surface area contributed by atoms with Crippen LogP contribution in [-0.2, 0) is 17.7 Å². The fraction of sp³-hybridized carbons (Fsp3) is 0.765. The van der Waals surface area contributed by atoms with Gasteiger partial charge in [0, 0.05) is 43.2 Å². The molecule has 0 bridgehead atoms. The molecule has 0 amide bonds. The van der Waals surface area contributed by atoms with E-state index in [-0.39, 0.29) is 0 Å². The highest BCUT2D eigenvalue weighted by Gasteiger charge is 2.38. The molecule has 0 aromatic carbocycles. The Labute approximate surface area is 143 Å². The highest BCUT2D eigenvalue weighted by atomic mass is 32.1. The molecule has 1 aromatic heterocycles. The van der Waals surface area contributed by atoms with Crippen molar-refractivity contribution in [1.82, 2.24) is 15.2 Å². The van der Waals surface area contributed by atoms with Gasteiger partial charge in [-0.2, -0.15) is 0 Å². The Kier molecular flexibility index (Phi) is 5.54. The number of likely N-dealkylation sites (tertiary alicyclic amines) is 1. The topological polar surface area (TPSA) is 49.8 Å². The molecule has 2 fully saturated rings. The Hall–Kier alpha value is -1.14. The van der Waals surface area contributed by atoms with Crippen LogP contribution in [-0.4, -0.2) is 49.2 Å². The summed E-state index contributed by atoms with van der Waals surface area (Å²) in [6.45, 7) is 6.91. The standard InChI is InChI=1S/C17H28N4OS/c1-3-14-10-19-15(23-14)11-20-16(18-2)21-8-4-6-17(12-21)7-5-9-22-13-17/h10H,3-9,11-13H2,1-2H3,(H,18,20). The number of rotatable bonds is 3. The highest BCUT2D eigenvalue weighted by molar-refractivity contribution is 7.11. The van der Waals surface area contributed by atoms with Crippen LogP contribution >= 0.6 is 11.3 Å². The molecule has 2 aliphatic rings. The van der Waals surface area contributed by atoms with Crippen LogP contribution < -0.4 is 5.32 Å². The molecule has 1 N–H and O–H groups in total. The summed E-state index contributed by atoms with van der Waals surface area (Å²) in [5.41, 5.74) is 0.338. The molecule has 2 aliphatic heterocycles. The SMILES string of the molecule is CCc1cnc(CNC(=NC)N2CCCC3(CCCOC3)C2)s1. The van der Waals surface area contributed by atoms with Crippen LogP contribution in [0.1, 0.15) is 42.5 Å². The van der Waals surface area contributed by atoms with Crippen LogP contribution in [0.2, 0.25) is 0 Å². The largest absolute Gasteiger partial charge is 0.381 e. The second kappa shape index (κ2) is 7.62. The van der Waals surface area contributed by atoms with Gasteiger partial charge < -0.3 is 15.0 Å². The first-order valence-electron chi connectivity index (χ1n) is 8.71. The number of aliphatic imine (C=N–C) groups is 1. The van der Waals surface area contributed by atoms with Crippen molar-refractivity contribution in [1.29, 1.82) is 0 Å². The molecular formula is C17H28N4OS. The molecule has 1 aromatic rings. The molecule has 1 spiro atoms. The monoisotopic (exact) mass is 336 g/mol. The van der Waals surface area contributed by atoms with E-state index in [0.29, 0.717) is 5.41 Å². The zero-order chi connectivity index (χ0) is 16.1. The minimum Gasteiger partial charge on any atom is -0.381 e. The number of aryl methyl sites for hydroxylation is 1. The molecule has 2 saturated heterocycles.